The highest BCUT2D eigenvalue weighted by Crippen LogP contribution is 2.28. The molecule has 12 heteroatoms. The topological polar surface area (TPSA) is 175 Å². The minimum Gasteiger partial charge on any atom is -0.489 e. The van der Waals surface area contributed by atoms with Crippen molar-refractivity contribution in [3.05, 3.63) is 126 Å². The Labute approximate surface area is 296 Å². The van der Waals surface area contributed by atoms with Gasteiger partial charge < -0.3 is 20.1 Å². The van der Waals surface area contributed by atoms with E-state index in [2.05, 4.69) is 10.6 Å². The summed E-state index contributed by atoms with van der Waals surface area (Å²) < 4.78 is 11.4. The number of benzene rings is 4. The molecule has 4 atom stereocenters. The first kappa shape index (κ1) is 36.6. The molecular formula is C39H42N4O8. The van der Waals surface area contributed by atoms with E-state index in [1.165, 1.54) is 0 Å². The van der Waals surface area contributed by atoms with Crippen molar-refractivity contribution in [3.63, 3.8) is 0 Å². The Morgan fingerprint density at radius 1 is 0.549 bits per heavy atom. The molecule has 0 radical (unpaired) electrons. The molecule has 4 aromatic rings. The normalized spacial score (nSPS) is 19.1. The molecule has 0 bridgehead atoms. The number of ether oxygens (including phenoxy) is 2. The Hall–Kier alpha value is -5.72. The first-order valence-corrected chi connectivity index (χ1v) is 16.9. The van der Waals surface area contributed by atoms with E-state index >= 15 is 0 Å². The number of amides is 4. The van der Waals surface area contributed by atoms with Gasteiger partial charge in [0.25, 0.3) is 11.8 Å². The maximum absolute atomic E-state index is 12.4. The molecule has 4 aromatic carbocycles. The van der Waals surface area contributed by atoms with Crippen LogP contribution in [0.2, 0.25) is 0 Å². The highest BCUT2D eigenvalue weighted by Gasteiger charge is 2.35. The van der Waals surface area contributed by atoms with Gasteiger partial charge in [0.2, 0.25) is 11.8 Å². The SMILES string of the molecule is O=C(N[C@@H]1CCC[C@@H]1C(=O)NO)c1ccc(OCc2ccccc2)cc1.O=C(N[C@@H]1CCC[C@@H]1C(=O)NO)c1ccc(Oc2ccccc2)cc1. The van der Waals surface area contributed by atoms with Gasteiger partial charge in [0.15, 0.2) is 0 Å². The zero-order valence-corrected chi connectivity index (χ0v) is 28.0. The van der Waals surface area contributed by atoms with Gasteiger partial charge in [-0.15, -0.1) is 0 Å². The Balaban J connectivity index is 0.000000198. The molecule has 6 rings (SSSR count). The molecule has 51 heavy (non-hydrogen) atoms. The standard InChI is InChI=1S/C20H22N2O4.C19H20N2O4/c23-19(21-18-8-4-7-17(18)20(24)22-25)15-9-11-16(12-10-15)26-13-14-5-2-1-3-6-14;22-18(20-17-8-4-7-16(17)19(23)21-24)13-9-11-15(12-10-13)25-14-5-2-1-3-6-14/h1-3,5-6,9-12,17-18,25H,4,7-8,13H2,(H,21,23)(H,22,24);1-3,5-6,9-12,16-17,24H,4,7-8H2,(H,20,22)(H,21,23)/t17-,18+;16-,17+/m00/s1. The molecule has 0 aliphatic heterocycles. The van der Waals surface area contributed by atoms with Crippen LogP contribution in [-0.4, -0.2) is 46.1 Å². The first-order valence-electron chi connectivity index (χ1n) is 16.9. The van der Waals surface area contributed by atoms with E-state index in [4.69, 9.17) is 19.9 Å². The van der Waals surface area contributed by atoms with Crippen LogP contribution in [0, 0.1) is 11.8 Å². The van der Waals surface area contributed by atoms with Crippen molar-refractivity contribution in [1.29, 1.82) is 0 Å². The molecule has 0 aromatic heterocycles. The van der Waals surface area contributed by atoms with Crippen LogP contribution in [0.4, 0.5) is 0 Å². The van der Waals surface area contributed by atoms with Crippen LogP contribution in [0.1, 0.15) is 64.8 Å². The molecule has 12 nitrogen and oxygen atoms in total. The van der Waals surface area contributed by atoms with Crippen LogP contribution >= 0.6 is 0 Å². The van der Waals surface area contributed by atoms with Crippen molar-refractivity contribution < 1.29 is 39.1 Å². The zero-order valence-electron chi connectivity index (χ0n) is 28.0. The summed E-state index contributed by atoms with van der Waals surface area (Å²) in [6.45, 7) is 0.465. The fourth-order valence-electron chi connectivity index (χ4n) is 6.30. The van der Waals surface area contributed by atoms with Gasteiger partial charge in [-0.3, -0.25) is 29.6 Å². The van der Waals surface area contributed by atoms with E-state index < -0.39 is 23.7 Å². The van der Waals surface area contributed by atoms with E-state index in [9.17, 15) is 19.2 Å². The van der Waals surface area contributed by atoms with Gasteiger partial charge in [0.1, 0.15) is 23.9 Å². The van der Waals surface area contributed by atoms with E-state index in [-0.39, 0.29) is 23.9 Å². The zero-order chi connectivity index (χ0) is 36.0. The van der Waals surface area contributed by atoms with Crippen molar-refractivity contribution in [2.24, 2.45) is 11.8 Å². The van der Waals surface area contributed by atoms with Gasteiger partial charge in [0, 0.05) is 23.2 Å². The van der Waals surface area contributed by atoms with Crippen molar-refractivity contribution in [3.8, 4) is 17.2 Å². The third kappa shape index (κ3) is 10.4. The van der Waals surface area contributed by atoms with Crippen molar-refractivity contribution in [1.82, 2.24) is 21.6 Å². The Kier molecular flexibility index (Phi) is 13.1. The number of carbonyl (C=O) groups excluding carboxylic acids is 4. The van der Waals surface area contributed by atoms with Crippen LogP contribution in [-0.2, 0) is 16.2 Å². The first-order chi connectivity index (χ1) is 24.8. The van der Waals surface area contributed by atoms with Gasteiger partial charge in [-0.05, 0) is 91.9 Å². The number of para-hydroxylation sites is 1. The van der Waals surface area contributed by atoms with E-state index in [0.29, 0.717) is 42.1 Å². The lowest BCUT2D eigenvalue weighted by Crippen LogP contribution is -2.43. The average Bonchev–Trinajstić information content (AvgIpc) is 3.84. The van der Waals surface area contributed by atoms with Crippen LogP contribution in [0.25, 0.3) is 0 Å². The average molecular weight is 695 g/mol. The van der Waals surface area contributed by atoms with E-state index in [1.54, 1.807) is 59.5 Å². The van der Waals surface area contributed by atoms with Gasteiger partial charge >= 0.3 is 0 Å². The molecule has 2 aliphatic rings. The number of hydroxylamine groups is 2. The van der Waals surface area contributed by atoms with Crippen molar-refractivity contribution in [2.45, 2.75) is 57.2 Å². The second kappa shape index (κ2) is 18.3. The minimum atomic E-state index is -0.450. The maximum atomic E-state index is 12.4. The quantitative estimate of drug-likeness (QED) is 0.0875. The lowest BCUT2D eigenvalue weighted by molar-refractivity contribution is -0.134. The lowest BCUT2D eigenvalue weighted by Gasteiger charge is -2.19. The molecular weight excluding hydrogens is 652 g/mol. The van der Waals surface area contributed by atoms with Crippen LogP contribution < -0.4 is 31.1 Å². The molecule has 2 saturated carbocycles. The van der Waals surface area contributed by atoms with Crippen LogP contribution in [0.5, 0.6) is 17.2 Å². The highest BCUT2D eigenvalue weighted by atomic mass is 16.5. The number of nitrogens with one attached hydrogen (secondary N) is 4. The molecule has 2 aliphatic carbocycles. The summed E-state index contributed by atoms with van der Waals surface area (Å²) in [5, 5.41) is 23.4. The molecule has 0 spiro atoms. The Morgan fingerprint density at radius 2 is 0.980 bits per heavy atom. The molecule has 6 N–H and O–H groups in total. The number of hydrogen-bond acceptors (Lipinski definition) is 8. The van der Waals surface area contributed by atoms with Crippen LogP contribution in [0.15, 0.2) is 109 Å². The number of hydrogen-bond donors (Lipinski definition) is 6. The van der Waals surface area contributed by atoms with Gasteiger partial charge in [-0.2, -0.15) is 0 Å². The summed E-state index contributed by atoms with van der Waals surface area (Å²) in [5.41, 5.74) is 5.43. The summed E-state index contributed by atoms with van der Waals surface area (Å²) in [4.78, 5) is 48.1. The second-order valence-electron chi connectivity index (χ2n) is 12.4. The fraction of sp³-hybridized carbons (Fsp3) is 0.282. The van der Waals surface area contributed by atoms with Gasteiger partial charge in [-0.1, -0.05) is 61.4 Å². The monoisotopic (exact) mass is 694 g/mol. The molecule has 0 saturated heterocycles. The smallest absolute Gasteiger partial charge is 0.251 e. The summed E-state index contributed by atoms with van der Waals surface area (Å²) in [5.74, 6) is -0.108. The van der Waals surface area contributed by atoms with Crippen molar-refractivity contribution in [2.75, 3.05) is 0 Å². The van der Waals surface area contributed by atoms with E-state index in [1.807, 2.05) is 60.7 Å². The summed E-state index contributed by atoms with van der Waals surface area (Å²) >= 11 is 0. The third-order valence-corrected chi connectivity index (χ3v) is 9.02. The van der Waals surface area contributed by atoms with Gasteiger partial charge in [-0.25, -0.2) is 11.0 Å². The number of carbonyl (C=O) groups is 4. The second-order valence-corrected chi connectivity index (χ2v) is 12.4. The predicted octanol–water partition coefficient (Wildman–Crippen LogP) is 5.55. The summed E-state index contributed by atoms with van der Waals surface area (Å²) in [7, 11) is 0. The molecule has 0 unspecified atom stereocenters. The van der Waals surface area contributed by atoms with Crippen LogP contribution in [0.3, 0.4) is 0 Å². The lowest BCUT2D eigenvalue weighted by atomic mass is 10.0. The van der Waals surface area contributed by atoms with Crippen molar-refractivity contribution >= 4 is 23.6 Å². The molecule has 4 amide bonds. The molecule has 266 valence electrons. The highest BCUT2D eigenvalue weighted by molar-refractivity contribution is 5.95. The Bertz CT molecular complexity index is 1740. The fourth-order valence-corrected chi connectivity index (χ4v) is 6.30. The number of rotatable bonds is 11. The maximum Gasteiger partial charge on any atom is 0.251 e. The minimum absolute atomic E-state index is 0.234. The van der Waals surface area contributed by atoms with Gasteiger partial charge in [0.05, 0.1) is 11.8 Å². The molecule has 0 heterocycles. The summed E-state index contributed by atoms with van der Waals surface area (Å²) in [6.07, 6.45) is 4.44. The summed E-state index contributed by atoms with van der Waals surface area (Å²) in [6, 6.07) is 32.5. The molecule has 2 fully saturated rings. The predicted molar refractivity (Wildman–Crippen MR) is 187 cm³/mol. The third-order valence-electron chi connectivity index (χ3n) is 9.02. The largest absolute Gasteiger partial charge is 0.489 e. The van der Waals surface area contributed by atoms with E-state index in [0.717, 1.165) is 37.0 Å². The Morgan fingerprint density at radius 3 is 1.45 bits per heavy atom.